The van der Waals surface area contributed by atoms with Gasteiger partial charge in [-0.25, -0.2) is 0 Å². The van der Waals surface area contributed by atoms with Gasteiger partial charge in [0, 0.05) is 6.42 Å². The zero-order chi connectivity index (χ0) is 11.6. The fraction of sp³-hybridized carbons (Fsp3) is 0.875. The minimum absolute atomic E-state index is 0.00622. The highest BCUT2D eigenvalue weighted by Gasteiger charge is 2.30. The van der Waals surface area contributed by atoms with Crippen molar-refractivity contribution in [3.05, 3.63) is 0 Å². The van der Waals surface area contributed by atoms with E-state index >= 15 is 0 Å². The number of aliphatic hydroxyl groups excluding tert-OH is 2. The van der Waals surface area contributed by atoms with E-state index in [4.69, 9.17) is 25.4 Å². The highest BCUT2D eigenvalue weighted by molar-refractivity contribution is 5.46. The molecule has 1 amide bonds. The number of carbonyl (C=O) groups excluding carboxylic acids is 1. The second-order valence-electron chi connectivity index (χ2n) is 2.70. The van der Waals surface area contributed by atoms with E-state index in [-0.39, 0.29) is 39.4 Å². The topological polar surface area (TPSA) is 114 Å². The van der Waals surface area contributed by atoms with E-state index in [1.54, 1.807) is 0 Å². The van der Waals surface area contributed by atoms with E-state index in [0.29, 0.717) is 6.41 Å². The van der Waals surface area contributed by atoms with E-state index in [2.05, 4.69) is 5.32 Å². The van der Waals surface area contributed by atoms with Crippen molar-refractivity contribution in [2.75, 3.05) is 33.0 Å². The molecule has 0 rings (SSSR count). The fourth-order valence-electron chi connectivity index (χ4n) is 1.04. The third kappa shape index (κ3) is 5.65. The van der Waals surface area contributed by atoms with Gasteiger partial charge in [0.05, 0.1) is 26.4 Å². The van der Waals surface area contributed by atoms with Crippen molar-refractivity contribution in [1.29, 1.82) is 0 Å². The Labute approximate surface area is 88.2 Å². The maximum atomic E-state index is 10.4. The Morgan fingerprint density at radius 1 is 1.27 bits per heavy atom. The van der Waals surface area contributed by atoms with Gasteiger partial charge in [-0.2, -0.15) is 0 Å². The van der Waals surface area contributed by atoms with Crippen LogP contribution < -0.4 is 11.1 Å². The summed E-state index contributed by atoms with van der Waals surface area (Å²) < 4.78 is 10.3. The van der Waals surface area contributed by atoms with Crippen LogP contribution in [0.15, 0.2) is 0 Å². The summed E-state index contributed by atoms with van der Waals surface area (Å²) in [7, 11) is 0. The molecule has 0 heterocycles. The summed E-state index contributed by atoms with van der Waals surface area (Å²) in [6.45, 7) is -0.152. The van der Waals surface area contributed by atoms with Gasteiger partial charge in [-0.05, 0) is 6.54 Å². The summed E-state index contributed by atoms with van der Waals surface area (Å²) in [5.41, 5.74) is 5.35. The number of hydrogen-bond donors (Lipinski definition) is 4. The Hall–Kier alpha value is -0.730. The van der Waals surface area contributed by atoms with Crippen LogP contribution in [0.3, 0.4) is 0 Å². The van der Waals surface area contributed by atoms with Gasteiger partial charge in [0.15, 0.2) is 0 Å². The average molecular weight is 222 g/mol. The van der Waals surface area contributed by atoms with Gasteiger partial charge in [-0.1, -0.05) is 0 Å². The average Bonchev–Trinajstić information content (AvgIpc) is 2.24. The van der Waals surface area contributed by atoms with Crippen LogP contribution in [0, 0.1) is 0 Å². The molecule has 0 radical (unpaired) electrons. The number of amides is 1. The molecule has 0 saturated heterocycles. The monoisotopic (exact) mass is 222 g/mol. The summed E-state index contributed by atoms with van der Waals surface area (Å²) in [6.07, 6.45) is 0.649. The molecule has 0 saturated carbocycles. The largest absolute Gasteiger partial charge is 0.394 e. The number of rotatable bonds is 10. The number of nitrogens with one attached hydrogen (secondary N) is 1. The Bertz CT molecular complexity index is 159. The maximum absolute atomic E-state index is 10.4. The molecule has 0 atom stereocenters. The van der Waals surface area contributed by atoms with E-state index in [9.17, 15) is 4.79 Å². The minimum Gasteiger partial charge on any atom is -0.394 e. The number of nitrogens with two attached hydrogens (primary N) is 1. The van der Waals surface area contributed by atoms with Crippen LogP contribution in [0.25, 0.3) is 0 Å². The molecular weight excluding hydrogens is 204 g/mol. The van der Waals surface area contributed by atoms with E-state index < -0.39 is 5.91 Å². The van der Waals surface area contributed by atoms with Gasteiger partial charge < -0.3 is 30.7 Å². The van der Waals surface area contributed by atoms with Gasteiger partial charge in [0.25, 0.3) is 5.91 Å². The molecule has 0 aliphatic rings. The predicted molar refractivity (Wildman–Crippen MR) is 51.7 cm³/mol. The summed E-state index contributed by atoms with van der Waals surface area (Å²) in [6, 6.07) is 0. The Balaban J connectivity index is 4.32. The molecule has 0 bridgehead atoms. The third-order valence-electron chi connectivity index (χ3n) is 1.61. The van der Waals surface area contributed by atoms with Crippen LogP contribution in [-0.2, 0) is 14.3 Å². The van der Waals surface area contributed by atoms with Gasteiger partial charge in [0.1, 0.15) is 0 Å². The van der Waals surface area contributed by atoms with Gasteiger partial charge >= 0.3 is 0 Å². The Kier molecular flexibility index (Phi) is 8.15. The fourth-order valence-corrected chi connectivity index (χ4v) is 1.04. The van der Waals surface area contributed by atoms with Gasteiger partial charge in [-0.3, -0.25) is 4.79 Å². The van der Waals surface area contributed by atoms with Crippen molar-refractivity contribution < 1.29 is 24.5 Å². The van der Waals surface area contributed by atoms with Gasteiger partial charge in [-0.15, -0.1) is 0 Å². The second-order valence-corrected chi connectivity index (χ2v) is 2.70. The molecule has 0 aromatic rings. The normalized spacial score (nSPS) is 11.4. The van der Waals surface area contributed by atoms with Gasteiger partial charge in [0.2, 0.25) is 6.41 Å². The lowest BCUT2D eigenvalue weighted by Gasteiger charge is -2.32. The summed E-state index contributed by atoms with van der Waals surface area (Å²) >= 11 is 0. The van der Waals surface area contributed by atoms with Crippen LogP contribution in [0.2, 0.25) is 0 Å². The molecule has 0 unspecified atom stereocenters. The maximum Gasteiger partial charge on any atom is 0.252 e. The van der Waals surface area contributed by atoms with Crippen molar-refractivity contribution in [3.63, 3.8) is 0 Å². The van der Waals surface area contributed by atoms with Crippen LogP contribution in [-0.4, -0.2) is 55.5 Å². The van der Waals surface area contributed by atoms with E-state index in [1.165, 1.54) is 0 Å². The standard InChI is InChI=1S/C8H18N2O5/c9-2-1-8(10-7-13,14-5-3-11)15-6-4-12/h7,11-12H,1-6,9H2,(H,10,13). The van der Waals surface area contributed by atoms with Crippen molar-refractivity contribution in [2.24, 2.45) is 5.73 Å². The van der Waals surface area contributed by atoms with Crippen molar-refractivity contribution in [3.8, 4) is 0 Å². The lowest BCUT2D eigenvalue weighted by atomic mass is 10.3. The minimum atomic E-state index is -1.36. The zero-order valence-corrected chi connectivity index (χ0v) is 8.52. The molecule has 7 nitrogen and oxygen atoms in total. The lowest BCUT2D eigenvalue weighted by molar-refractivity contribution is -0.259. The highest BCUT2D eigenvalue weighted by Crippen LogP contribution is 2.13. The Morgan fingerprint density at radius 2 is 1.80 bits per heavy atom. The smallest absolute Gasteiger partial charge is 0.252 e. The summed E-state index contributed by atoms with van der Waals surface area (Å²) in [5, 5.41) is 19.6. The predicted octanol–water partition coefficient (Wildman–Crippen LogP) is -2.25. The molecule has 0 aliphatic heterocycles. The first kappa shape index (κ1) is 14.3. The zero-order valence-electron chi connectivity index (χ0n) is 8.52. The highest BCUT2D eigenvalue weighted by atomic mass is 16.7. The van der Waals surface area contributed by atoms with E-state index in [0.717, 1.165) is 0 Å². The first-order valence-electron chi connectivity index (χ1n) is 4.65. The van der Waals surface area contributed by atoms with Crippen molar-refractivity contribution in [2.45, 2.75) is 12.3 Å². The van der Waals surface area contributed by atoms with Crippen LogP contribution in [0.1, 0.15) is 6.42 Å². The molecule has 7 heteroatoms. The molecule has 15 heavy (non-hydrogen) atoms. The molecular formula is C8H18N2O5. The van der Waals surface area contributed by atoms with E-state index in [1.807, 2.05) is 0 Å². The SMILES string of the molecule is NCCC(NC=O)(OCCO)OCCO. The van der Waals surface area contributed by atoms with Crippen molar-refractivity contribution in [1.82, 2.24) is 5.32 Å². The molecule has 90 valence electrons. The van der Waals surface area contributed by atoms with Crippen LogP contribution in [0.5, 0.6) is 0 Å². The summed E-state index contributed by atoms with van der Waals surface area (Å²) in [5.74, 6) is -1.36. The molecule has 0 aromatic heterocycles. The number of hydrogen-bond acceptors (Lipinski definition) is 6. The molecule has 0 spiro atoms. The molecule has 5 N–H and O–H groups in total. The quantitative estimate of drug-likeness (QED) is 0.245. The summed E-state index contributed by atoms with van der Waals surface area (Å²) in [4.78, 5) is 10.4. The molecule has 0 fully saturated rings. The Morgan fingerprint density at radius 3 is 2.13 bits per heavy atom. The molecule has 0 aliphatic carbocycles. The second kappa shape index (κ2) is 8.57. The first-order valence-corrected chi connectivity index (χ1v) is 4.65. The van der Waals surface area contributed by atoms with Crippen molar-refractivity contribution >= 4 is 6.41 Å². The van der Waals surface area contributed by atoms with Crippen LogP contribution >= 0.6 is 0 Å². The number of carbonyl (C=O) groups is 1. The molecule has 0 aromatic carbocycles. The number of aliphatic hydroxyl groups is 2. The first-order chi connectivity index (χ1) is 7.24. The lowest BCUT2D eigenvalue weighted by Crippen LogP contribution is -2.51. The van der Waals surface area contributed by atoms with Crippen LogP contribution in [0.4, 0.5) is 0 Å². The third-order valence-corrected chi connectivity index (χ3v) is 1.61. The number of ether oxygens (including phenoxy) is 2.